The zero-order valence-electron chi connectivity index (χ0n) is 16.2. The van der Waals surface area contributed by atoms with Crippen LogP contribution in [0, 0.1) is 5.82 Å². The standard InChI is InChI=1S/C21H24FN3O4/c22-17-3-1-16(2-4-17)18-5-6-19(29-18)21(27)25-9-7-24(8-10-25)20(26)15-23-11-13-28-14-12-23/h1-6H,7-15H2. The molecule has 1 aromatic heterocycles. The van der Waals surface area contributed by atoms with Gasteiger partial charge in [-0.15, -0.1) is 0 Å². The minimum atomic E-state index is -0.322. The number of carbonyl (C=O) groups excluding carboxylic acids is 2. The van der Waals surface area contributed by atoms with Gasteiger partial charge in [-0.1, -0.05) is 0 Å². The minimum Gasteiger partial charge on any atom is -0.451 e. The number of amides is 2. The van der Waals surface area contributed by atoms with E-state index in [2.05, 4.69) is 4.90 Å². The molecule has 0 unspecified atom stereocenters. The Morgan fingerprint density at radius 1 is 0.862 bits per heavy atom. The molecule has 154 valence electrons. The number of benzene rings is 1. The maximum atomic E-state index is 13.1. The third kappa shape index (κ3) is 4.65. The SMILES string of the molecule is O=C(CN1CCOCC1)N1CCN(C(=O)c2ccc(-c3ccc(F)cc3)o2)CC1. The van der Waals surface area contributed by atoms with E-state index in [0.29, 0.717) is 57.3 Å². The van der Waals surface area contributed by atoms with E-state index in [4.69, 9.17) is 9.15 Å². The number of piperazine rings is 1. The van der Waals surface area contributed by atoms with Crippen LogP contribution in [0.4, 0.5) is 4.39 Å². The van der Waals surface area contributed by atoms with Crippen LogP contribution in [0.2, 0.25) is 0 Å². The summed E-state index contributed by atoms with van der Waals surface area (Å²) in [5.41, 5.74) is 0.712. The third-order valence-corrected chi connectivity index (χ3v) is 5.33. The summed E-state index contributed by atoms with van der Waals surface area (Å²) in [6, 6.07) is 9.28. The van der Waals surface area contributed by atoms with Crippen LogP contribution < -0.4 is 0 Å². The molecule has 0 spiro atoms. The molecule has 4 rings (SSSR count). The molecule has 2 aliphatic rings. The van der Waals surface area contributed by atoms with Crippen LogP contribution in [-0.4, -0.2) is 85.5 Å². The molecular formula is C21H24FN3O4. The smallest absolute Gasteiger partial charge is 0.289 e. The Hall–Kier alpha value is -2.71. The molecule has 0 atom stereocenters. The normalized spacial score (nSPS) is 18.1. The first kappa shape index (κ1) is 19.6. The van der Waals surface area contributed by atoms with Gasteiger partial charge in [0.1, 0.15) is 11.6 Å². The molecule has 2 fully saturated rings. The summed E-state index contributed by atoms with van der Waals surface area (Å²) in [6.45, 7) is 5.26. The monoisotopic (exact) mass is 401 g/mol. The Kier molecular flexibility index (Phi) is 5.92. The van der Waals surface area contributed by atoms with E-state index in [9.17, 15) is 14.0 Å². The van der Waals surface area contributed by atoms with Crippen LogP contribution in [-0.2, 0) is 9.53 Å². The van der Waals surface area contributed by atoms with Gasteiger partial charge in [-0.2, -0.15) is 0 Å². The molecule has 3 heterocycles. The molecule has 29 heavy (non-hydrogen) atoms. The first-order chi connectivity index (χ1) is 14.1. The third-order valence-electron chi connectivity index (χ3n) is 5.33. The van der Waals surface area contributed by atoms with Gasteiger partial charge in [-0.05, 0) is 36.4 Å². The zero-order valence-corrected chi connectivity index (χ0v) is 16.2. The molecule has 0 bridgehead atoms. The van der Waals surface area contributed by atoms with Gasteiger partial charge in [0.05, 0.1) is 19.8 Å². The fourth-order valence-electron chi connectivity index (χ4n) is 3.59. The van der Waals surface area contributed by atoms with E-state index < -0.39 is 0 Å². The van der Waals surface area contributed by atoms with Crippen molar-refractivity contribution in [2.45, 2.75) is 0 Å². The topological polar surface area (TPSA) is 66.2 Å². The second-order valence-corrected chi connectivity index (χ2v) is 7.23. The number of hydrogen-bond donors (Lipinski definition) is 0. The van der Waals surface area contributed by atoms with Gasteiger partial charge in [-0.3, -0.25) is 14.5 Å². The number of morpholine rings is 1. The van der Waals surface area contributed by atoms with Crippen molar-refractivity contribution in [3.05, 3.63) is 48.0 Å². The second-order valence-electron chi connectivity index (χ2n) is 7.23. The molecule has 0 aliphatic carbocycles. The summed E-state index contributed by atoms with van der Waals surface area (Å²) >= 11 is 0. The molecular weight excluding hydrogens is 377 g/mol. The Balaban J connectivity index is 1.31. The average Bonchev–Trinajstić information content (AvgIpc) is 3.25. The highest BCUT2D eigenvalue weighted by Gasteiger charge is 2.27. The van der Waals surface area contributed by atoms with Crippen LogP contribution >= 0.6 is 0 Å². The van der Waals surface area contributed by atoms with Crippen molar-refractivity contribution in [3.63, 3.8) is 0 Å². The van der Waals surface area contributed by atoms with E-state index in [1.807, 2.05) is 4.90 Å². The molecule has 0 radical (unpaired) electrons. The fraction of sp³-hybridized carbons (Fsp3) is 0.429. The first-order valence-electron chi connectivity index (χ1n) is 9.83. The molecule has 0 N–H and O–H groups in total. The zero-order chi connectivity index (χ0) is 20.2. The van der Waals surface area contributed by atoms with E-state index in [1.165, 1.54) is 12.1 Å². The van der Waals surface area contributed by atoms with Gasteiger partial charge < -0.3 is 19.0 Å². The lowest BCUT2D eigenvalue weighted by atomic mass is 10.2. The first-order valence-corrected chi connectivity index (χ1v) is 9.83. The van der Waals surface area contributed by atoms with Crippen LogP contribution in [0.15, 0.2) is 40.8 Å². The molecule has 8 heteroatoms. The lowest BCUT2D eigenvalue weighted by Crippen LogP contribution is -2.53. The summed E-state index contributed by atoms with van der Waals surface area (Å²) in [5.74, 6) is 0.344. The number of furan rings is 1. The van der Waals surface area contributed by atoms with Crippen LogP contribution in [0.5, 0.6) is 0 Å². The Morgan fingerprint density at radius 3 is 2.21 bits per heavy atom. The number of rotatable bonds is 4. The predicted molar refractivity (Wildman–Crippen MR) is 104 cm³/mol. The van der Waals surface area contributed by atoms with Gasteiger partial charge >= 0.3 is 0 Å². The van der Waals surface area contributed by atoms with Gasteiger partial charge in [-0.25, -0.2) is 4.39 Å². The predicted octanol–water partition coefficient (Wildman–Crippen LogP) is 1.70. The Bertz CT molecular complexity index is 853. The second kappa shape index (κ2) is 8.75. The Morgan fingerprint density at radius 2 is 1.52 bits per heavy atom. The number of nitrogens with zero attached hydrogens (tertiary/aromatic N) is 3. The summed E-state index contributed by atoms with van der Waals surface area (Å²) in [4.78, 5) is 30.8. The van der Waals surface area contributed by atoms with Gasteiger partial charge in [0.2, 0.25) is 5.91 Å². The van der Waals surface area contributed by atoms with Crippen molar-refractivity contribution in [2.24, 2.45) is 0 Å². The molecule has 2 saturated heterocycles. The molecule has 0 saturated carbocycles. The van der Waals surface area contributed by atoms with Crippen LogP contribution in [0.25, 0.3) is 11.3 Å². The largest absolute Gasteiger partial charge is 0.451 e. The minimum absolute atomic E-state index is 0.0931. The Labute approximate surface area is 168 Å². The lowest BCUT2D eigenvalue weighted by molar-refractivity contribution is -0.134. The van der Waals surface area contributed by atoms with Crippen LogP contribution in [0.3, 0.4) is 0 Å². The maximum absolute atomic E-state index is 13.1. The quantitative estimate of drug-likeness (QED) is 0.780. The van der Waals surface area contributed by atoms with Crippen LogP contribution in [0.1, 0.15) is 10.6 Å². The highest BCUT2D eigenvalue weighted by atomic mass is 19.1. The van der Waals surface area contributed by atoms with Crippen molar-refractivity contribution in [1.82, 2.24) is 14.7 Å². The molecule has 2 aliphatic heterocycles. The average molecular weight is 401 g/mol. The molecule has 7 nitrogen and oxygen atoms in total. The van der Waals surface area contributed by atoms with Crippen molar-refractivity contribution >= 4 is 11.8 Å². The van der Waals surface area contributed by atoms with E-state index in [0.717, 1.165) is 13.1 Å². The van der Waals surface area contributed by atoms with E-state index >= 15 is 0 Å². The molecule has 1 aromatic carbocycles. The molecule has 2 amide bonds. The van der Waals surface area contributed by atoms with E-state index in [1.54, 1.807) is 29.2 Å². The van der Waals surface area contributed by atoms with Gasteiger partial charge in [0.25, 0.3) is 5.91 Å². The van der Waals surface area contributed by atoms with Crippen molar-refractivity contribution in [3.8, 4) is 11.3 Å². The highest BCUT2D eigenvalue weighted by molar-refractivity contribution is 5.92. The highest BCUT2D eigenvalue weighted by Crippen LogP contribution is 2.23. The van der Waals surface area contributed by atoms with Gasteiger partial charge in [0.15, 0.2) is 5.76 Å². The van der Waals surface area contributed by atoms with Gasteiger partial charge in [0, 0.05) is 44.8 Å². The lowest BCUT2D eigenvalue weighted by Gasteiger charge is -2.36. The fourth-order valence-corrected chi connectivity index (χ4v) is 3.59. The molecule has 2 aromatic rings. The summed E-state index contributed by atoms with van der Waals surface area (Å²) in [7, 11) is 0. The maximum Gasteiger partial charge on any atom is 0.289 e. The summed E-state index contributed by atoms with van der Waals surface area (Å²) < 4.78 is 24.1. The number of ether oxygens (including phenoxy) is 1. The van der Waals surface area contributed by atoms with E-state index in [-0.39, 0.29) is 23.4 Å². The summed E-state index contributed by atoms with van der Waals surface area (Å²) in [6.07, 6.45) is 0. The number of halogens is 1. The summed E-state index contributed by atoms with van der Waals surface area (Å²) in [5, 5.41) is 0. The number of hydrogen-bond acceptors (Lipinski definition) is 5. The van der Waals surface area contributed by atoms with Crippen molar-refractivity contribution in [1.29, 1.82) is 0 Å². The van der Waals surface area contributed by atoms with Crippen molar-refractivity contribution < 1.29 is 23.1 Å². The number of carbonyl (C=O) groups is 2. The van der Waals surface area contributed by atoms with Crippen molar-refractivity contribution in [2.75, 3.05) is 59.0 Å².